The zero-order chi connectivity index (χ0) is 31.0. The van der Waals surface area contributed by atoms with E-state index in [-0.39, 0.29) is 28.1 Å². The van der Waals surface area contributed by atoms with Gasteiger partial charge in [-0.15, -0.1) is 0 Å². The van der Waals surface area contributed by atoms with Gasteiger partial charge in [0.1, 0.15) is 11.4 Å². The van der Waals surface area contributed by atoms with E-state index in [1.807, 2.05) is 0 Å². The molecular formula is C22H29N6O11P2-. The van der Waals surface area contributed by atoms with Crippen LogP contribution in [0.1, 0.15) is 37.7 Å². The SMILES string of the molecule is COC(=O)[C@H](CNC(=O)c1ccc(C(=O)N=C(N)N)[nH]1)N=C([O-])c1cc(CP(=O)(O)OC)cc(CP(=O)(O)OC)c1. The van der Waals surface area contributed by atoms with Crippen LogP contribution in [-0.2, 0) is 40.0 Å². The van der Waals surface area contributed by atoms with E-state index in [1.54, 1.807) is 0 Å². The zero-order valence-corrected chi connectivity index (χ0v) is 23.9. The van der Waals surface area contributed by atoms with Crippen molar-refractivity contribution in [2.45, 2.75) is 18.4 Å². The maximum Gasteiger partial charge on any atom is 0.332 e. The fourth-order valence-electron chi connectivity index (χ4n) is 3.31. The summed E-state index contributed by atoms with van der Waals surface area (Å²) >= 11 is 0. The van der Waals surface area contributed by atoms with Crippen molar-refractivity contribution < 1.29 is 52.2 Å². The molecule has 0 aliphatic rings. The number of benzene rings is 1. The van der Waals surface area contributed by atoms with Gasteiger partial charge in [-0.1, -0.05) is 18.2 Å². The summed E-state index contributed by atoms with van der Waals surface area (Å²) in [5.41, 5.74) is 10.1. The standard InChI is InChI=1S/C22H30N6O11P2/c1-37-21(32)17(9-25-19(30)15-4-5-16(26-15)20(31)28-22(23)24)27-18(29)14-7-12(10-40(33,34)38-2)6-13(8-14)11-41(35,36)39-3/h4-8,17,26H,9-11H2,1-3H3,(H,25,30)(H,27,29)(H,33,34)(H,35,36)(H4,23,24,28,31)/p-1/t17-/m0/s1. The Hall–Kier alpha value is -3.85. The van der Waals surface area contributed by atoms with Crippen molar-refractivity contribution in [2.75, 3.05) is 27.9 Å². The second-order valence-corrected chi connectivity index (χ2v) is 12.2. The van der Waals surface area contributed by atoms with E-state index in [1.165, 1.54) is 30.3 Å². The van der Waals surface area contributed by atoms with Crippen LogP contribution in [0.2, 0.25) is 0 Å². The lowest BCUT2D eigenvalue weighted by molar-refractivity contribution is -0.213. The normalized spacial score (nSPS) is 15.2. The number of nitrogens with two attached hydrogens (primary N) is 2. The molecule has 0 bridgehead atoms. The number of aromatic nitrogens is 1. The van der Waals surface area contributed by atoms with Crippen LogP contribution in [-0.4, -0.2) is 78.3 Å². The highest BCUT2D eigenvalue weighted by molar-refractivity contribution is 7.52. The molecule has 1 heterocycles. The molecule has 41 heavy (non-hydrogen) atoms. The predicted octanol–water partition coefficient (Wildman–Crippen LogP) is -0.830. The molecule has 19 heteroatoms. The Balaban J connectivity index is 2.35. The number of guanidine groups is 1. The molecule has 0 saturated carbocycles. The molecule has 0 spiro atoms. The second kappa shape index (κ2) is 14.2. The lowest BCUT2D eigenvalue weighted by Crippen LogP contribution is -2.38. The highest BCUT2D eigenvalue weighted by atomic mass is 31.2. The first-order chi connectivity index (χ1) is 19.1. The summed E-state index contributed by atoms with van der Waals surface area (Å²) in [6, 6.07) is 4.70. The first-order valence-electron chi connectivity index (χ1n) is 11.4. The number of nitrogens with one attached hydrogen (secondary N) is 2. The van der Waals surface area contributed by atoms with Gasteiger partial charge >= 0.3 is 21.2 Å². The van der Waals surface area contributed by atoms with E-state index in [0.29, 0.717) is 0 Å². The van der Waals surface area contributed by atoms with Crippen LogP contribution in [0.4, 0.5) is 0 Å². The number of rotatable bonds is 13. The number of ether oxygens (including phenoxy) is 1. The average Bonchev–Trinajstić information content (AvgIpc) is 3.40. The largest absolute Gasteiger partial charge is 0.858 e. The van der Waals surface area contributed by atoms with Crippen LogP contribution in [0.15, 0.2) is 40.3 Å². The van der Waals surface area contributed by atoms with Crippen molar-refractivity contribution in [3.8, 4) is 0 Å². The summed E-state index contributed by atoms with van der Waals surface area (Å²) < 4.78 is 38.0. The van der Waals surface area contributed by atoms with E-state index < -0.39 is 69.7 Å². The quantitative estimate of drug-likeness (QED) is 0.0695. The van der Waals surface area contributed by atoms with Gasteiger partial charge in [-0.25, -0.2) is 4.79 Å². The zero-order valence-electron chi connectivity index (χ0n) is 22.1. The number of methoxy groups -OCH3 is 1. The minimum atomic E-state index is -4.10. The minimum Gasteiger partial charge on any atom is -0.858 e. The summed E-state index contributed by atoms with van der Waals surface area (Å²) in [7, 11) is -5.14. The van der Waals surface area contributed by atoms with Gasteiger partial charge in [-0.3, -0.25) is 23.7 Å². The van der Waals surface area contributed by atoms with Gasteiger partial charge in [-0.05, 0) is 34.7 Å². The number of H-pyrrole nitrogens is 1. The molecule has 1 aromatic carbocycles. The van der Waals surface area contributed by atoms with Crippen LogP contribution < -0.4 is 21.9 Å². The Bertz CT molecular complexity index is 1410. The third-order valence-electron chi connectivity index (χ3n) is 5.23. The van der Waals surface area contributed by atoms with Crippen molar-refractivity contribution in [3.63, 3.8) is 0 Å². The molecular weight excluding hydrogens is 586 g/mol. The number of esters is 1. The van der Waals surface area contributed by atoms with Crippen molar-refractivity contribution in [1.29, 1.82) is 0 Å². The molecule has 17 nitrogen and oxygen atoms in total. The Morgan fingerprint density at radius 1 is 1.00 bits per heavy atom. The molecule has 0 aliphatic carbocycles. The summed E-state index contributed by atoms with van der Waals surface area (Å²) in [6.07, 6.45) is -1.08. The summed E-state index contributed by atoms with van der Waals surface area (Å²) in [5, 5.41) is 15.4. The van der Waals surface area contributed by atoms with E-state index in [2.05, 4.69) is 34.1 Å². The molecule has 2 rings (SSSR count). The molecule has 2 aromatic rings. The maximum atomic E-state index is 13.0. The third-order valence-corrected chi connectivity index (χ3v) is 7.90. The number of nitrogens with zero attached hydrogens (tertiary/aromatic N) is 2. The van der Waals surface area contributed by atoms with Crippen molar-refractivity contribution in [3.05, 3.63) is 58.4 Å². The van der Waals surface area contributed by atoms with Gasteiger partial charge < -0.3 is 50.4 Å². The number of aliphatic imine (C=N–C) groups is 2. The first kappa shape index (κ1) is 33.4. The van der Waals surface area contributed by atoms with E-state index in [4.69, 9.17) is 11.5 Å². The number of amides is 2. The molecule has 0 radical (unpaired) electrons. The highest BCUT2D eigenvalue weighted by Crippen LogP contribution is 2.47. The fraction of sp³-hybridized carbons (Fsp3) is 0.318. The van der Waals surface area contributed by atoms with Crippen LogP contribution in [0.3, 0.4) is 0 Å². The molecule has 224 valence electrons. The number of carbonyl (C=O) groups is 3. The predicted molar refractivity (Wildman–Crippen MR) is 143 cm³/mol. The topological polar surface area (TPSA) is 281 Å². The first-order valence-corrected chi connectivity index (χ1v) is 14.9. The maximum absolute atomic E-state index is 13.0. The summed E-state index contributed by atoms with van der Waals surface area (Å²) in [5.74, 6) is -4.06. The minimum absolute atomic E-state index is 0.0922. The molecule has 2 amide bonds. The third kappa shape index (κ3) is 10.2. The Kier molecular flexibility index (Phi) is 11.5. The summed E-state index contributed by atoms with van der Waals surface area (Å²) in [4.78, 5) is 66.1. The molecule has 8 N–H and O–H groups in total. The van der Waals surface area contributed by atoms with Crippen LogP contribution in [0.25, 0.3) is 0 Å². The lowest BCUT2D eigenvalue weighted by Gasteiger charge is -2.19. The van der Waals surface area contributed by atoms with Gasteiger partial charge in [0, 0.05) is 14.2 Å². The van der Waals surface area contributed by atoms with Crippen molar-refractivity contribution in [2.24, 2.45) is 21.5 Å². The van der Waals surface area contributed by atoms with Crippen LogP contribution >= 0.6 is 15.2 Å². The monoisotopic (exact) mass is 615 g/mol. The average molecular weight is 615 g/mol. The molecule has 2 unspecified atom stereocenters. The molecule has 0 fully saturated rings. The number of aromatic amines is 1. The van der Waals surface area contributed by atoms with Gasteiger partial charge in [0.25, 0.3) is 11.8 Å². The van der Waals surface area contributed by atoms with Gasteiger partial charge in [0.05, 0.1) is 26.0 Å². The Labute approximate surface area is 233 Å². The van der Waals surface area contributed by atoms with Gasteiger partial charge in [-0.2, -0.15) is 4.99 Å². The number of hydrogen-bond acceptors (Lipinski definition) is 10. The van der Waals surface area contributed by atoms with Crippen molar-refractivity contribution in [1.82, 2.24) is 10.3 Å². The number of carbonyl (C=O) groups excluding carboxylic acids is 3. The van der Waals surface area contributed by atoms with Crippen LogP contribution in [0.5, 0.6) is 0 Å². The van der Waals surface area contributed by atoms with Crippen LogP contribution in [0, 0.1) is 0 Å². The van der Waals surface area contributed by atoms with Gasteiger partial charge in [0.2, 0.25) is 0 Å². The second-order valence-electron chi connectivity index (χ2n) is 8.31. The van der Waals surface area contributed by atoms with E-state index in [9.17, 15) is 38.4 Å². The smallest absolute Gasteiger partial charge is 0.332 e. The fourth-order valence-corrected chi connectivity index (χ4v) is 4.85. The summed E-state index contributed by atoms with van der Waals surface area (Å²) in [6.45, 7) is -0.509. The molecule has 3 atom stereocenters. The molecule has 0 aliphatic heterocycles. The highest BCUT2D eigenvalue weighted by Gasteiger charge is 2.24. The van der Waals surface area contributed by atoms with E-state index in [0.717, 1.165) is 21.3 Å². The number of hydrogen-bond donors (Lipinski definition) is 6. The van der Waals surface area contributed by atoms with Gasteiger partial charge in [0.15, 0.2) is 12.0 Å². The molecule has 1 aromatic heterocycles. The molecule has 0 saturated heterocycles. The van der Waals surface area contributed by atoms with Crippen molar-refractivity contribution >= 4 is 44.8 Å². The Morgan fingerprint density at radius 3 is 2.02 bits per heavy atom. The lowest BCUT2D eigenvalue weighted by atomic mass is 10.1. The van der Waals surface area contributed by atoms with E-state index >= 15 is 0 Å². The Morgan fingerprint density at radius 2 is 1.54 bits per heavy atom.